The van der Waals surface area contributed by atoms with Crippen molar-refractivity contribution in [1.29, 1.82) is 0 Å². The molecule has 1 saturated heterocycles. The molecule has 0 saturated carbocycles. The number of nitrogen functional groups attached to an aromatic ring is 1. The highest BCUT2D eigenvalue weighted by atomic mass is 16.5. The zero-order chi connectivity index (χ0) is 13.9. The van der Waals surface area contributed by atoms with Crippen LogP contribution in [-0.2, 0) is 16.1 Å². The van der Waals surface area contributed by atoms with Gasteiger partial charge in [0.15, 0.2) is 0 Å². The number of carbonyl (C=O) groups excluding carboxylic acids is 1. The van der Waals surface area contributed by atoms with E-state index >= 15 is 0 Å². The molecule has 20 heavy (non-hydrogen) atoms. The van der Waals surface area contributed by atoms with Crippen LogP contribution in [0.15, 0.2) is 24.4 Å². The second-order valence-electron chi connectivity index (χ2n) is 5.07. The summed E-state index contributed by atoms with van der Waals surface area (Å²) in [6.45, 7) is 1.64. The summed E-state index contributed by atoms with van der Waals surface area (Å²) in [5.41, 5.74) is 7.33. The molecule has 1 aliphatic rings. The van der Waals surface area contributed by atoms with E-state index in [0.29, 0.717) is 18.9 Å². The number of ether oxygens (including phenoxy) is 1. The highest BCUT2D eigenvalue weighted by molar-refractivity contribution is 5.84. The minimum atomic E-state index is -0.0238. The molecule has 3 N–H and O–H groups in total. The van der Waals surface area contributed by atoms with Crippen molar-refractivity contribution in [2.24, 2.45) is 0 Å². The maximum atomic E-state index is 12.1. The van der Waals surface area contributed by atoms with Gasteiger partial charge in [0.05, 0.1) is 11.7 Å². The van der Waals surface area contributed by atoms with Crippen LogP contribution in [0.2, 0.25) is 0 Å². The number of carbonyl (C=O) groups is 1. The number of nitrogens with two attached hydrogens (primary N) is 1. The van der Waals surface area contributed by atoms with Crippen LogP contribution in [0.4, 0.5) is 5.69 Å². The summed E-state index contributed by atoms with van der Waals surface area (Å²) >= 11 is 0. The monoisotopic (exact) mass is 274 g/mol. The zero-order valence-electron chi connectivity index (χ0n) is 11.2. The van der Waals surface area contributed by atoms with Gasteiger partial charge in [-0.3, -0.25) is 9.48 Å². The lowest BCUT2D eigenvalue weighted by molar-refractivity contribution is -0.123. The lowest BCUT2D eigenvalue weighted by atomic mass is 10.1. The summed E-state index contributed by atoms with van der Waals surface area (Å²) in [6.07, 6.45) is 3.49. The fourth-order valence-corrected chi connectivity index (χ4v) is 2.46. The third kappa shape index (κ3) is 2.75. The average molecular weight is 274 g/mol. The molecule has 3 rings (SSSR count). The highest BCUT2D eigenvalue weighted by Crippen LogP contribution is 2.16. The molecule has 2 heterocycles. The second kappa shape index (κ2) is 5.50. The van der Waals surface area contributed by atoms with Crippen LogP contribution in [0, 0.1) is 0 Å². The van der Waals surface area contributed by atoms with Gasteiger partial charge in [-0.25, -0.2) is 0 Å². The average Bonchev–Trinajstić information content (AvgIpc) is 2.82. The molecule has 1 aromatic heterocycles. The summed E-state index contributed by atoms with van der Waals surface area (Å²) in [4.78, 5) is 12.1. The molecular weight excluding hydrogens is 256 g/mol. The van der Waals surface area contributed by atoms with E-state index in [9.17, 15) is 4.79 Å². The summed E-state index contributed by atoms with van der Waals surface area (Å²) in [7, 11) is 0. The van der Waals surface area contributed by atoms with Crippen LogP contribution in [0.5, 0.6) is 0 Å². The second-order valence-corrected chi connectivity index (χ2v) is 5.07. The van der Waals surface area contributed by atoms with E-state index in [1.165, 1.54) is 0 Å². The first-order valence-corrected chi connectivity index (χ1v) is 6.80. The Morgan fingerprint density at radius 1 is 1.45 bits per heavy atom. The fourth-order valence-electron chi connectivity index (χ4n) is 2.46. The minimum absolute atomic E-state index is 0.0238. The van der Waals surface area contributed by atoms with Gasteiger partial charge in [0.25, 0.3) is 0 Å². The molecule has 1 aliphatic heterocycles. The molecule has 0 atom stereocenters. The van der Waals surface area contributed by atoms with Crippen molar-refractivity contribution in [2.45, 2.75) is 25.4 Å². The molecular formula is C14H18N4O2. The van der Waals surface area contributed by atoms with E-state index in [4.69, 9.17) is 10.5 Å². The van der Waals surface area contributed by atoms with E-state index in [2.05, 4.69) is 10.4 Å². The Bertz CT molecular complexity index is 617. The Labute approximate surface area is 116 Å². The van der Waals surface area contributed by atoms with E-state index in [1.54, 1.807) is 10.9 Å². The topological polar surface area (TPSA) is 82.2 Å². The maximum Gasteiger partial charge on any atom is 0.241 e. The molecule has 1 aromatic carbocycles. The van der Waals surface area contributed by atoms with E-state index in [0.717, 1.165) is 23.7 Å². The normalized spacial score (nSPS) is 16.4. The molecule has 1 fully saturated rings. The standard InChI is InChI=1S/C14H18N4O2/c15-11-2-1-10-8-16-18(13(10)7-11)9-14(19)17-12-3-5-20-6-4-12/h1-2,7-8,12H,3-6,9,15H2,(H,17,19). The summed E-state index contributed by atoms with van der Waals surface area (Å²) in [5.74, 6) is -0.0238. The van der Waals surface area contributed by atoms with Crippen molar-refractivity contribution >= 4 is 22.5 Å². The van der Waals surface area contributed by atoms with Gasteiger partial charge in [0.1, 0.15) is 6.54 Å². The Morgan fingerprint density at radius 2 is 2.25 bits per heavy atom. The van der Waals surface area contributed by atoms with Crippen molar-refractivity contribution in [3.8, 4) is 0 Å². The molecule has 0 bridgehead atoms. The van der Waals surface area contributed by atoms with Crippen molar-refractivity contribution in [3.63, 3.8) is 0 Å². The van der Waals surface area contributed by atoms with Gasteiger partial charge < -0.3 is 15.8 Å². The van der Waals surface area contributed by atoms with Crippen LogP contribution in [0.1, 0.15) is 12.8 Å². The van der Waals surface area contributed by atoms with Gasteiger partial charge in [-0.15, -0.1) is 0 Å². The first-order chi connectivity index (χ1) is 9.72. The quantitative estimate of drug-likeness (QED) is 0.815. The van der Waals surface area contributed by atoms with Gasteiger partial charge in [-0.1, -0.05) is 0 Å². The molecule has 106 valence electrons. The summed E-state index contributed by atoms with van der Waals surface area (Å²) in [5, 5.41) is 8.25. The number of anilines is 1. The van der Waals surface area contributed by atoms with Gasteiger partial charge in [-0.05, 0) is 31.0 Å². The van der Waals surface area contributed by atoms with Crippen molar-refractivity contribution in [1.82, 2.24) is 15.1 Å². The summed E-state index contributed by atoms with van der Waals surface area (Å²) < 4.78 is 6.96. The van der Waals surface area contributed by atoms with Crippen LogP contribution >= 0.6 is 0 Å². The molecule has 0 spiro atoms. The van der Waals surface area contributed by atoms with Crippen molar-refractivity contribution in [2.75, 3.05) is 18.9 Å². The van der Waals surface area contributed by atoms with Gasteiger partial charge in [-0.2, -0.15) is 5.10 Å². The van der Waals surface area contributed by atoms with E-state index in [-0.39, 0.29) is 18.5 Å². The molecule has 6 nitrogen and oxygen atoms in total. The van der Waals surface area contributed by atoms with Crippen LogP contribution in [-0.4, -0.2) is 34.9 Å². The molecule has 6 heteroatoms. The number of nitrogens with one attached hydrogen (secondary N) is 1. The van der Waals surface area contributed by atoms with E-state index in [1.807, 2.05) is 18.2 Å². The van der Waals surface area contributed by atoms with Crippen LogP contribution in [0.25, 0.3) is 10.9 Å². The molecule has 0 radical (unpaired) electrons. The van der Waals surface area contributed by atoms with Crippen LogP contribution in [0.3, 0.4) is 0 Å². The molecule has 2 aromatic rings. The molecule has 0 aliphatic carbocycles. The first kappa shape index (κ1) is 12.9. The minimum Gasteiger partial charge on any atom is -0.399 e. The van der Waals surface area contributed by atoms with Gasteiger partial charge in [0, 0.05) is 30.3 Å². The third-order valence-electron chi connectivity index (χ3n) is 3.55. The predicted octanol–water partition coefficient (Wildman–Crippen LogP) is 0.914. The Morgan fingerprint density at radius 3 is 3.05 bits per heavy atom. The number of aromatic nitrogens is 2. The SMILES string of the molecule is Nc1ccc2cnn(CC(=O)NC3CCOCC3)c2c1. The lowest BCUT2D eigenvalue weighted by Crippen LogP contribution is -2.40. The zero-order valence-corrected chi connectivity index (χ0v) is 11.2. The Hall–Kier alpha value is -2.08. The Balaban J connectivity index is 1.69. The maximum absolute atomic E-state index is 12.1. The number of rotatable bonds is 3. The third-order valence-corrected chi connectivity index (χ3v) is 3.55. The Kier molecular flexibility index (Phi) is 3.56. The number of amides is 1. The smallest absolute Gasteiger partial charge is 0.241 e. The lowest BCUT2D eigenvalue weighted by Gasteiger charge is -2.23. The first-order valence-electron chi connectivity index (χ1n) is 6.80. The predicted molar refractivity (Wildman–Crippen MR) is 76.1 cm³/mol. The largest absolute Gasteiger partial charge is 0.399 e. The van der Waals surface area contributed by atoms with Crippen molar-refractivity contribution in [3.05, 3.63) is 24.4 Å². The summed E-state index contributed by atoms with van der Waals surface area (Å²) in [6, 6.07) is 5.79. The van der Waals surface area contributed by atoms with Crippen LogP contribution < -0.4 is 11.1 Å². The number of hydrogen-bond donors (Lipinski definition) is 2. The van der Waals surface area contributed by atoms with Gasteiger partial charge >= 0.3 is 0 Å². The number of fused-ring (bicyclic) bond motifs is 1. The van der Waals surface area contributed by atoms with Crippen molar-refractivity contribution < 1.29 is 9.53 Å². The molecule has 1 amide bonds. The molecule has 0 unspecified atom stereocenters. The van der Waals surface area contributed by atoms with Gasteiger partial charge in [0.2, 0.25) is 5.91 Å². The number of benzene rings is 1. The van der Waals surface area contributed by atoms with E-state index < -0.39 is 0 Å². The highest BCUT2D eigenvalue weighted by Gasteiger charge is 2.16. The number of nitrogens with zero attached hydrogens (tertiary/aromatic N) is 2. The fraction of sp³-hybridized carbons (Fsp3) is 0.429. The number of hydrogen-bond acceptors (Lipinski definition) is 4.